The van der Waals surface area contributed by atoms with Gasteiger partial charge in [0.25, 0.3) is 0 Å². The van der Waals surface area contributed by atoms with Crippen molar-refractivity contribution >= 4 is 27.5 Å². The molecule has 14 heavy (non-hydrogen) atoms. The van der Waals surface area contributed by atoms with Crippen molar-refractivity contribution in [1.29, 1.82) is 0 Å². The monoisotopic (exact) mass is 254 g/mol. The highest BCUT2D eigenvalue weighted by atomic mass is 79.9. The van der Waals surface area contributed by atoms with Crippen molar-refractivity contribution in [2.45, 2.75) is 13.8 Å². The van der Waals surface area contributed by atoms with Crippen LogP contribution in [0.1, 0.15) is 18.1 Å². The number of carboxylic acids is 1. The summed E-state index contributed by atoms with van der Waals surface area (Å²) < 4.78 is 0.994. The van der Waals surface area contributed by atoms with Crippen molar-refractivity contribution in [3.63, 3.8) is 0 Å². The zero-order chi connectivity index (χ0) is 10.7. The standard InChI is InChI=1S/C11H11BrO2/c1-7(6-11(13)14)9-4-3-5-10(12)8(9)2/h3-6H,1-2H3,(H,13,14)/b7-6+. The Hall–Kier alpha value is -1.09. The Morgan fingerprint density at radius 2 is 2.14 bits per heavy atom. The fraction of sp³-hybridized carbons (Fsp3) is 0.182. The van der Waals surface area contributed by atoms with Crippen LogP contribution in [0.5, 0.6) is 0 Å². The summed E-state index contributed by atoms with van der Waals surface area (Å²) in [7, 11) is 0. The van der Waals surface area contributed by atoms with E-state index >= 15 is 0 Å². The van der Waals surface area contributed by atoms with Gasteiger partial charge in [0.05, 0.1) is 0 Å². The third kappa shape index (κ3) is 2.45. The molecule has 0 bridgehead atoms. The maximum absolute atomic E-state index is 10.5. The first-order valence-corrected chi connectivity index (χ1v) is 4.98. The van der Waals surface area contributed by atoms with Gasteiger partial charge in [0.1, 0.15) is 0 Å². The van der Waals surface area contributed by atoms with E-state index in [9.17, 15) is 4.79 Å². The van der Waals surface area contributed by atoms with Crippen molar-refractivity contribution in [2.24, 2.45) is 0 Å². The van der Waals surface area contributed by atoms with Crippen LogP contribution in [-0.4, -0.2) is 11.1 Å². The quantitative estimate of drug-likeness (QED) is 0.823. The number of benzene rings is 1. The highest BCUT2D eigenvalue weighted by molar-refractivity contribution is 9.10. The fourth-order valence-electron chi connectivity index (χ4n) is 1.30. The normalized spacial score (nSPS) is 11.5. The first-order chi connectivity index (χ1) is 6.52. The lowest BCUT2D eigenvalue weighted by Crippen LogP contribution is -1.92. The molecule has 1 N–H and O–H groups in total. The molecule has 0 amide bonds. The van der Waals surface area contributed by atoms with Gasteiger partial charge < -0.3 is 5.11 Å². The van der Waals surface area contributed by atoms with Gasteiger partial charge in [-0.05, 0) is 36.6 Å². The summed E-state index contributed by atoms with van der Waals surface area (Å²) in [6.45, 7) is 3.75. The minimum absolute atomic E-state index is 0.760. The molecule has 0 atom stereocenters. The Bertz CT molecular complexity index is 394. The second-order valence-electron chi connectivity index (χ2n) is 3.08. The van der Waals surface area contributed by atoms with Crippen LogP contribution in [0.15, 0.2) is 28.7 Å². The van der Waals surface area contributed by atoms with Gasteiger partial charge in [0.15, 0.2) is 0 Å². The molecule has 0 aliphatic rings. The predicted molar refractivity (Wildman–Crippen MR) is 60.2 cm³/mol. The number of rotatable bonds is 2. The first kappa shape index (κ1) is 11.0. The first-order valence-electron chi connectivity index (χ1n) is 4.19. The summed E-state index contributed by atoms with van der Waals surface area (Å²) in [6.07, 6.45) is 1.22. The molecule has 1 aromatic rings. The molecule has 0 radical (unpaired) electrons. The largest absolute Gasteiger partial charge is 0.478 e. The highest BCUT2D eigenvalue weighted by Gasteiger charge is 2.04. The van der Waals surface area contributed by atoms with Crippen LogP contribution >= 0.6 is 15.9 Å². The highest BCUT2D eigenvalue weighted by Crippen LogP contribution is 2.24. The van der Waals surface area contributed by atoms with Gasteiger partial charge >= 0.3 is 5.97 Å². The Labute approximate surface area is 91.4 Å². The van der Waals surface area contributed by atoms with Gasteiger partial charge in [-0.2, -0.15) is 0 Å². The Balaban J connectivity index is 3.20. The number of halogens is 1. The molecule has 0 aliphatic carbocycles. The van der Waals surface area contributed by atoms with E-state index in [0.29, 0.717) is 0 Å². The second kappa shape index (κ2) is 4.42. The Kier molecular flexibility index (Phi) is 3.47. The van der Waals surface area contributed by atoms with Crippen molar-refractivity contribution in [1.82, 2.24) is 0 Å². The maximum Gasteiger partial charge on any atom is 0.328 e. The number of hydrogen-bond acceptors (Lipinski definition) is 1. The van der Waals surface area contributed by atoms with Crippen LogP contribution < -0.4 is 0 Å². The van der Waals surface area contributed by atoms with Crippen LogP contribution in [0.25, 0.3) is 5.57 Å². The van der Waals surface area contributed by atoms with E-state index in [1.54, 1.807) is 6.92 Å². The van der Waals surface area contributed by atoms with Gasteiger partial charge in [-0.3, -0.25) is 0 Å². The van der Waals surface area contributed by atoms with Gasteiger partial charge in [0.2, 0.25) is 0 Å². The molecular formula is C11H11BrO2. The lowest BCUT2D eigenvalue weighted by Gasteiger charge is -2.06. The summed E-state index contributed by atoms with van der Waals surface area (Å²) in [5, 5.41) is 8.62. The number of carbonyl (C=O) groups is 1. The zero-order valence-electron chi connectivity index (χ0n) is 8.04. The molecule has 74 valence electrons. The van der Waals surface area contributed by atoms with Crippen LogP contribution in [0.3, 0.4) is 0 Å². The van der Waals surface area contributed by atoms with E-state index in [4.69, 9.17) is 5.11 Å². The molecule has 0 saturated heterocycles. The molecule has 1 rings (SSSR count). The molecule has 0 heterocycles. The molecule has 0 aliphatic heterocycles. The third-order valence-corrected chi connectivity index (χ3v) is 2.89. The number of allylic oxidation sites excluding steroid dienone is 1. The molecule has 0 saturated carbocycles. The van der Waals surface area contributed by atoms with Crippen LogP contribution in [-0.2, 0) is 4.79 Å². The molecule has 0 aromatic heterocycles. The zero-order valence-corrected chi connectivity index (χ0v) is 9.63. The summed E-state index contributed by atoms with van der Waals surface area (Å²) >= 11 is 3.41. The topological polar surface area (TPSA) is 37.3 Å². The molecule has 1 aromatic carbocycles. The van der Waals surface area contributed by atoms with Crippen LogP contribution in [0.2, 0.25) is 0 Å². The van der Waals surface area contributed by atoms with Crippen LogP contribution in [0.4, 0.5) is 0 Å². The van der Waals surface area contributed by atoms with Crippen molar-refractivity contribution < 1.29 is 9.90 Å². The summed E-state index contributed by atoms with van der Waals surface area (Å²) in [5.41, 5.74) is 2.78. The molecule has 0 spiro atoms. The second-order valence-corrected chi connectivity index (χ2v) is 3.93. The van der Waals surface area contributed by atoms with Gasteiger partial charge in [-0.15, -0.1) is 0 Å². The minimum Gasteiger partial charge on any atom is -0.478 e. The summed E-state index contributed by atoms with van der Waals surface area (Å²) in [5.74, 6) is -0.915. The van der Waals surface area contributed by atoms with E-state index in [0.717, 1.165) is 21.2 Å². The van der Waals surface area contributed by atoms with Crippen molar-refractivity contribution in [2.75, 3.05) is 0 Å². The van der Waals surface area contributed by atoms with Crippen molar-refractivity contribution in [3.8, 4) is 0 Å². The lowest BCUT2D eigenvalue weighted by molar-refractivity contribution is -0.131. The fourth-order valence-corrected chi connectivity index (χ4v) is 1.66. The number of aliphatic carboxylic acids is 1. The van der Waals surface area contributed by atoms with Crippen LogP contribution in [0, 0.1) is 6.92 Å². The summed E-state index contributed by atoms with van der Waals surface area (Å²) in [6, 6.07) is 5.74. The molecule has 0 unspecified atom stereocenters. The van der Waals surface area contributed by atoms with E-state index in [2.05, 4.69) is 15.9 Å². The maximum atomic E-state index is 10.5. The predicted octanol–water partition coefficient (Wildman–Crippen LogP) is 3.25. The summed E-state index contributed by atoms with van der Waals surface area (Å²) in [4.78, 5) is 10.5. The minimum atomic E-state index is -0.915. The molecule has 2 nitrogen and oxygen atoms in total. The van der Waals surface area contributed by atoms with E-state index < -0.39 is 5.97 Å². The lowest BCUT2D eigenvalue weighted by atomic mass is 10.0. The smallest absolute Gasteiger partial charge is 0.328 e. The molecule has 3 heteroatoms. The van der Waals surface area contributed by atoms with Gasteiger partial charge in [-0.1, -0.05) is 28.1 Å². The van der Waals surface area contributed by atoms with E-state index in [1.807, 2.05) is 25.1 Å². The number of carboxylic acid groups (broad SMARTS) is 1. The van der Waals surface area contributed by atoms with E-state index in [-0.39, 0.29) is 0 Å². The van der Waals surface area contributed by atoms with E-state index in [1.165, 1.54) is 6.08 Å². The Morgan fingerprint density at radius 1 is 1.50 bits per heavy atom. The van der Waals surface area contributed by atoms with Gasteiger partial charge in [0, 0.05) is 10.5 Å². The number of hydrogen-bond donors (Lipinski definition) is 1. The Morgan fingerprint density at radius 3 is 2.71 bits per heavy atom. The SMILES string of the molecule is C/C(=C\C(=O)O)c1cccc(Br)c1C. The van der Waals surface area contributed by atoms with Crippen molar-refractivity contribution in [3.05, 3.63) is 39.9 Å². The molecule has 0 fully saturated rings. The third-order valence-electron chi connectivity index (χ3n) is 2.03. The molecular weight excluding hydrogens is 244 g/mol. The average molecular weight is 255 g/mol. The average Bonchev–Trinajstić information content (AvgIpc) is 2.08. The van der Waals surface area contributed by atoms with Gasteiger partial charge in [-0.25, -0.2) is 4.79 Å².